The molecule has 0 aliphatic carbocycles. The molecule has 0 fully saturated rings. The quantitative estimate of drug-likeness (QED) is 0.287. The molecule has 0 unspecified atom stereocenters. The third-order valence-corrected chi connectivity index (χ3v) is 5.36. The van der Waals surface area contributed by atoms with Gasteiger partial charge < -0.3 is 11.1 Å². The summed E-state index contributed by atoms with van der Waals surface area (Å²) in [6.45, 7) is 6.22. The zero-order valence-corrected chi connectivity index (χ0v) is 20.1. The van der Waals surface area contributed by atoms with Gasteiger partial charge in [-0.05, 0) is 28.5 Å². The first-order chi connectivity index (χ1) is 16.1. The van der Waals surface area contributed by atoms with Crippen LogP contribution in [0.3, 0.4) is 0 Å². The summed E-state index contributed by atoms with van der Waals surface area (Å²) in [5.41, 5.74) is 7.26. The van der Waals surface area contributed by atoms with E-state index in [1.165, 1.54) is 0 Å². The number of anilines is 2. The second-order valence-electron chi connectivity index (χ2n) is 8.94. The fourth-order valence-corrected chi connectivity index (χ4v) is 3.61. The van der Waals surface area contributed by atoms with Crippen LogP contribution in [-0.4, -0.2) is 15.8 Å². The molecule has 0 radical (unpaired) electrons. The molecule has 2 amide bonds. The minimum atomic E-state index is -1.40. The molecule has 35 heavy (non-hydrogen) atoms. The van der Waals surface area contributed by atoms with E-state index < -0.39 is 29.2 Å². The summed E-state index contributed by atoms with van der Waals surface area (Å²) in [4.78, 5) is 12.6. The molecule has 1 aromatic heterocycles. The third-order valence-electron chi connectivity index (χ3n) is 5.36. The molecule has 3 aromatic carbocycles. The van der Waals surface area contributed by atoms with Crippen LogP contribution in [0.25, 0.3) is 16.5 Å². The first-order valence-electron chi connectivity index (χ1n) is 10.6. The van der Waals surface area contributed by atoms with E-state index in [1.54, 1.807) is 10.7 Å². The number of hydrogen-bond donors (Lipinski definition) is 3. The molecule has 4 rings (SSSR count). The molecule has 10 heteroatoms. The van der Waals surface area contributed by atoms with Gasteiger partial charge in [0.15, 0.2) is 11.6 Å². The number of rotatable bonds is 4. The second-order valence-corrected chi connectivity index (χ2v) is 8.94. The Bertz CT molecular complexity index is 1400. The molecule has 0 aliphatic heterocycles. The minimum Gasteiger partial charge on any atom is -0.326 e. The zero-order valence-electron chi connectivity index (χ0n) is 19.3. The normalized spacial score (nSPS) is 11.3. The number of carbonyl (C=O) groups is 1. The monoisotopic (exact) mass is 503 g/mol. The molecule has 0 spiro atoms. The van der Waals surface area contributed by atoms with Gasteiger partial charge in [0.1, 0.15) is 11.6 Å². The van der Waals surface area contributed by atoms with E-state index in [1.807, 2.05) is 57.2 Å². The van der Waals surface area contributed by atoms with Crippen LogP contribution in [-0.2, 0) is 12.0 Å². The fraction of sp³-hybridized carbons (Fsp3) is 0.200. The number of urea groups is 1. The van der Waals surface area contributed by atoms with Crippen molar-refractivity contribution in [2.24, 2.45) is 5.73 Å². The summed E-state index contributed by atoms with van der Waals surface area (Å²) in [6.07, 6.45) is 0. The van der Waals surface area contributed by atoms with Crippen molar-refractivity contribution >= 4 is 40.7 Å². The Morgan fingerprint density at radius 2 is 1.74 bits per heavy atom. The van der Waals surface area contributed by atoms with Crippen LogP contribution < -0.4 is 16.4 Å². The average Bonchev–Trinajstić information content (AvgIpc) is 3.20. The Morgan fingerprint density at radius 3 is 2.43 bits per heavy atom. The molecule has 4 aromatic rings. The maximum absolute atomic E-state index is 14.0. The van der Waals surface area contributed by atoms with E-state index in [2.05, 4.69) is 15.7 Å². The molecule has 6 nitrogen and oxygen atoms in total. The van der Waals surface area contributed by atoms with Gasteiger partial charge in [0.05, 0.1) is 17.1 Å². The fourth-order valence-electron chi connectivity index (χ4n) is 3.61. The predicted molar refractivity (Wildman–Crippen MR) is 134 cm³/mol. The minimum absolute atomic E-state index is 0. The Labute approximate surface area is 206 Å². The smallest absolute Gasteiger partial charge is 0.324 e. The lowest BCUT2D eigenvalue weighted by Gasteiger charge is -2.14. The van der Waals surface area contributed by atoms with Crippen LogP contribution in [0.1, 0.15) is 32.0 Å². The van der Waals surface area contributed by atoms with E-state index in [4.69, 9.17) is 5.73 Å². The number of aromatic nitrogens is 2. The number of hydrogen-bond acceptors (Lipinski definition) is 3. The van der Waals surface area contributed by atoms with Crippen molar-refractivity contribution in [1.29, 1.82) is 0 Å². The first-order valence-corrected chi connectivity index (χ1v) is 10.6. The van der Waals surface area contributed by atoms with Gasteiger partial charge in [0, 0.05) is 30.2 Å². The Kier molecular flexibility index (Phi) is 7.42. The van der Waals surface area contributed by atoms with Crippen LogP contribution in [0.15, 0.2) is 54.6 Å². The van der Waals surface area contributed by atoms with E-state index in [0.29, 0.717) is 30.1 Å². The van der Waals surface area contributed by atoms with Crippen molar-refractivity contribution in [2.45, 2.75) is 32.7 Å². The molecule has 0 saturated heterocycles. The number of nitrogens with two attached hydrogens (primary N) is 1. The zero-order chi connectivity index (χ0) is 24.6. The van der Waals surface area contributed by atoms with Gasteiger partial charge in [-0.25, -0.2) is 22.6 Å². The van der Waals surface area contributed by atoms with Crippen LogP contribution in [0, 0.1) is 17.5 Å². The summed E-state index contributed by atoms with van der Waals surface area (Å²) >= 11 is 0. The van der Waals surface area contributed by atoms with Gasteiger partial charge in [0.25, 0.3) is 0 Å². The molecule has 0 aliphatic rings. The van der Waals surface area contributed by atoms with Crippen molar-refractivity contribution in [1.82, 2.24) is 9.78 Å². The SMILES string of the molecule is CC(C)(C)c1cc(NC(=O)Nc2cc(F)cc(F)c2F)n(-c2cc(CN)c3ccccc3c2)n1.Cl. The summed E-state index contributed by atoms with van der Waals surface area (Å²) in [6, 6.07) is 13.5. The molecule has 0 bridgehead atoms. The van der Waals surface area contributed by atoms with E-state index in [9.17, 15) is 18.0 Å². The molecular formula is C25H25ClF3N5O. The van der Waals surface area contributed by atoms with E-state index >= 15 is 0 Å². The summed E-state index contributed by atoms with van der Waals surface area (Å²) in [5.74, 6) is -3.49. The molecular weight excluding hydrogens is 479 g/mol. The Balaban J connectivity index is 0.00000342. The highest BCUT2D eigenvalue weighted by Crippen LogP contribution is 2.29. The van der Waals surface area contributed by atoms with Crippen molar-refractivity contribution in [3.8, 4) is 5.69 Å². The van der Waals surface area contributed by atoms with Crippen molar-refractivity contribution in [3.63, 3.8) is 0 Å². The van der Waals surface area contributed by atoms with Gasteiger partial charge in [-0.1, -0.05) is 45.0 Å². The highest BCUT2D eigenvalue weighted by atomic mass is 35.5. The lowest BCUT2D eigenvalue weighted by molar-refractivity contribution is 0.262. The maximum Gasteiger partial charge on any atom is 0.324 e. The maximum atomic E-state index is 14.0. The number of halogens is 4. The lowest BCUT2D eigenvalue weighted by Crippen LogP contribution is -2.22. The van der Waals surface area contributed by atoms with Crippen molar-refractivity contribution in [3.05, 3.63) is 83.3 Å². The molecule has 184 valence electrons. The molecule has 1 heterocycles. The predicted octanol–water partition coefficient (Wildman–Crippen LogP) is 6.26. The Morgan fingerprint density at radius 1 is 1.03 bits per heavy atom. The third kappa shape index (κ3) is 5.41. The van der Waals surface area contributed by atoms with Crippen LogP contribution in [0.5, 0.6) is 0 Å². The number of nitrogens with one attached hydrogen (secondary N) is 2. The van der Waals surface area contributed by atoms with Crippen LogP contribution >= 0.6 is 12.4 Å². The summed E-state index contributed by atoms with van der Waals surface area (Å²) in [7, 11) is 0. The van der Waals surface area contributed by atoms with Crippen LogP contribution in [0.2, 0.25) is 0 Å². The molecule has 0 saturated carbocycles. The first kappa shape index (κ1) is 26.1. The highest BCUT2D eigenvalue weighted by Gasteiger charge is 2.22. The Hall–Kier alpha value is -3.56. The largest absolute Gasteiger partial charge is 0.326 e. The van der Waals surface area contributed by atoms with Crippen molar-refractivity contribution < 1.29 is 18.0 Å². The van der Waals surface area contributed by atoms with Gasteiger partial charge in [-0.15, -0.1) is 12.4 Å². The standard InChI is InChI=1S/C25H24F3N5O.ClH/c1-25(2,3)21-12-22(31-24(34)30-20-11-16(26)10-19(27)23(20)28)33(32-21)17-8-14-6-4-5-7-18(14)15(9-17)13-29;/h4-12H,13,29H2,1-3H3,(H2,30,31,34);1H. The van der Waals surface area contributed by atoms with Gasteiger partial charge in [-0.3, -0.25) is 5.32 Å². The van der Waals surface area contributed by atoms with Crippen LogP contribution in [0.4, 0.5) is 29.5 Å². The number of carbonyl (C=O) groups excluding carboxylic acids is 1. The van der Waals surface area contributed by atoms with Crippen molar-refractivity contribution in [2.75, 3.05) is 10.6 Å². The number of benzene rings is 3. The average molecular weight is 504 g/mol. The van der Waals surface area contributed by atoms with Gasteiger partial charge >= 0.3 is 6.03 Å². The lowest BCUT2D eigenvalue weighted by atomic mass is 9.92. The number of amides is 2. The van der Waals surface area contributed by atoms with E-state index in [-0.39, 0.29) is 23.6 Å². The number of fused-ring (bicyclic) bond motifs is 1. The molecule has 4 N–H and O–H groups in total. The van der Waals surface area contributed by atoms with E-state index in [0.717, 1.165) is 16.3 Å². The summed E-state index contributed by atoms with van der Waals surface area (Å²) < 4.78 is 42.6. The van der Waals surface area contributed by atoms with Gasteiger partial charge in [-0.2, -0.15) is 5.10 Å². The second kappa shape index (κ2) is 9.97. The van der Waals surface area contributed by atoms with Gasteiger partial charge in [0.2, 0.25) is 0 Å². The number of nitrogens with zero attached hydrogens (tertiary/aromatic N) is 2. The molecule has 0 atom stereocenters. The highest BCUT2D eigenvalue weighted by molar-refractivity contribution is 5.99. The summed E-state index contributed by atoms with van der Waals surface area (Å²) in [5, 5.41) is 11.4. The topological polar surface area (TPSA) is 85.0 Å².